The van der Waals surface area contributed by atoms with Crippen LogP contribution in [0.2, 0.25) is 0 Å². The topological polar surface area (TPSA) is 49.5 Å². The fourth-order valence-electron chi connectivity index (χ4n) is 3.64. The highest BCUT2D eigenvalue weighted by Gasteiger charge is 2.37. The Labute approximate surface area is 143 Å². The Balaban J connectivity index is 0.00000121. The fraction of sp³-hybridized carbons (Fsp3) is 0.625. The van der Waals surface area contributed by atoms with Gasteiger partial charge in [0, 0.05) is 25.2 Å². The third kappa shape index (κ3) is 4.12. The van der Waals surface area contributed by atoms with E-state index < -0.39 is 5.60 Å². The van der Waals surface area contributed by atoms with Crippen LogP contribution in [0.3, 0.4) is 0 Å². The summed E-state index contributed by atoms with van der Waals surface area (Å²) in [7, 11) is 0. The van der Waals surface area contributed by atoms with Crippen LogP contribution in [0.15, 0.2) is 24.3 Å². The lowest BCUT2D eigenvalue weighted by Gasteiger charge is -2.40. The molecule has 0 bridgehead atoms. The van der Waals surface area contributed by atoms with Gasteiger partial charge in [-0.2, -0.15) is 0 Å². The molecule has 0 radical (unpaired) electrons. The van der Waals surface area contributed by atoms with Gasteiger partial charge in [-0.3, -0.25) is 4.90 Å². The molecule has 3 N–H and O–H groups in total. The molecule has 22 heavy (non-hydrogen) atoms. The second kappa shape index (κ2) is 7.93. The number of hydrogen-bond donors (Lipinski definition) is 2. The number of benzene rings is 1. The van der Waals surface area contributed by atoms with E-state index in [4.69, 9.17) is 5.73 Å². The first-order valence-electron chi connectivity index (χ1n) is 7.55. The van der Waals surface area contributed by atoms with Crippen LogP contribution in [0.4, 0.5) is 4.39 Å². The van der Waals surface area contributed by atoms with Crippen molar-refractivity contribution in [2.75, 3.05) is 13.1 Å². The Hall–Kier alpha value is -0.390. The summed E-state index contributed by atoms with van der Waals surface area (Å²) in [4.78, 5) is 2.47. The van der Waals surface area contributed by atoms with Crippen LogP contribution in [0.5, 0.6) is 0 Å². The van der Waals surface area contributed by atoms with Crippen molar-refractivity contribution < 1.29 is 9.50 Å². The van der Waals surface area contributed by atoms with E-state index in [9.17, 15) is 9.50 Å². The molecule has 1 saturated carbocycles. The second-order valence-corrected chi connectivity index (χ2v) is 6.31. The molecule has 0 aromatic heterocycles. The predicted molar refractivity (Wildman–Crippen MR) is 91.2 cm³/mol. The van der Waals surface area contributed by atoms with E-state index in [1.165, 1.54) is 12.1 Å². The van der Waals surface area contributed by atoms with Gasteiger partial charge in [0.05, 0.1) is 5.60 Å². The minimum absolute atomic E-state index is 0. The minimum Gasteiger partial charge on any atom is -0.385 e. The molecule has 1 aliphatic carbocycles. The van der Waals surface area contributed by atoms with Crippen LogP contribution < -0.4 is 5.73 Å². The molecule has 0 amide bonds. The summed E-state index contributed by atoms with van der Waals surface area (Å²) in [6.45, 7) is 2.07. The van der Waals surface area contributed by atoms with E-state index in [1.807, 2.05) is 0 Å². The Morgan fingerprint density at radius 2 is 1.68 bits per heavy atom. The van der Waals surface area contributed by atoms with E-state index in [-0.39, 0.29) is 30.6 Å². The third-order valence-corrected chi connectivity index (χ3v) is 4.94. The molecule has 1 aromatic carbocycles. The third-order valence-electron chi connectivity index (χ3n) is 4.94. The van der Waals surface area contributed by atoms with E-state index in [0.717, 1.165) is 50.8 Å². The first kappa shape index (κ1) is 19.7. The zero-order valence-corrected chi connectivity index (χ0v) is 14.2. The average molecular weight is 351 g/mol. The molecular weight excluding hydrogens is 326 g/mol. The molecule has 126 valence electrons. The van der Waals surface area contributed by atoms with E-state index in [1.54, 1.807) is 12.1 Å². The standard InChI is InChI=1S/C16H23FN2O.2ClH/c17-13-3-1-12(2-4-13)16(20)8-5-15(6-9-16)19-10-7-14(18)11-19;;/h1-4,14-15,20H,5-11,18H2;2*1H/t14-,15?,16?;;/m1../s1. The Morgan fingerprint density at radius 3 is 2.18 bits per heavy atom. The van der Waals surface area contributed by atoms with Crippen molar-refractivity contribution in [1.82, 2.24) is 4.90 Å². The van der Waals surface area contributed by atoms with Gasteiger partial charge in [-0.25, -0.2) is 4.39 Å². The normalized spacial score (nSPS) is 32.1. The van der Waals surface area contributed by atoms with Crippen LogP contribution in [0.25, 0.3) is 0 Å². The van der Waals surface area contributed by atoms with Gasteiger partial charge in [0.15, 0.2) is 0 Å². The smallest absolute Gasteiger partial charge is 0.123 e. The van der Waals surface area contributed by atoms with E-state index in [0.29, 0.717) is 12.1 Å². The maximum atomic E-state index is 13.0. The van der Waals surface area contributed by atoms with Crippen molar-refractivity contribution in [2.24, 2.45) is 5.73 Å². The van der Waals surface area contributed by atoms with Crippen LogP contribution in [0, 0.1) is 5.82 Å². The summed E-state index contributed by atoms with van der Waals surface area (Å²) in [6, 6.07) is 7.14. The van der Waals surface area contributed by atoms with Crippen molar-refractivity contribution in [2.45, 2.75) is 49.8 Å². The number of aliphatic hydroxyl groups is 1. The van der Waals surface area contributed by atoms with Gasteiger partial charge in [0.1, 0.15) is 5.82 Å². The maximum Gasteiger partial charge on any atom is 0.123 e. The van der Waals surface area contributed by atoms with Crippen molar-refractivity contribution in [1.29, 1.82) is 0 Å². The lowest BCUT2D eigenvalue weighted by Crippen LogP contribution is -2.42. The Kier molecular flexibility index (Phi) is 7.09. The fourth-order valence-corrected chi connectivity index (χ4v) is 3.64. The predicted octanol–water partition coefficient (Wildman–Crippen LogP) is 2.83. The van der Waals surface area contributed by atoms with Gasteiger partial charge in [-0.1, -0.05) is 12.1 Å². The summed E-state index contributed by atoms with van der Waals surface area (Å²) in [5.41, 5.74) is 6.02. The zero-order valence-electron chi connectivity index (χ0n) is 12.6. The van der Waals surface area contributed by atoms with Gasteiger partial charge in [0.2, 0.25) is 0 Å². The highest BCUT2D eigenvalue weighted by molar-refractivity contribution is 5.85. The molecule has 1 aliphatic heterocycles. The van der Waals surface area contributed by atoms with Crippen molar-refractivity contribution >= 4 is 24.8 Å². The SMILES string of the molecule is Cl.Cl.N[C@@H]1CCN(C2CCC(O)(c3ccc(F)cc3)CC2)C1. The number of likely N-dealkylation sites (tertiary alicyclic amines) is 1. The molecule has 6 heteroatoms. The molecule has 0 unspecified atom stereocenters. The molecule has 1 saturated heterocycles. The summed E-state index contributed by atoms with van der Waals surface area (Å²) in [5.74, 6) is -0.253. The van der Waals surface area contributed by atoms with Gasteiger partial charge < -0.3 is 10.8 Å². The summed E-state index contributed by atoms with van der Waals surface area (Å²) in [5, 5.41) is 10.8. The maximum absolute atomic E-state index is 13.0. The largest absolute Gasteiger partial charge is 0.385 e. The van der Waals surface area contributed by atoms with Gasteiger partial charge in [0.25, 0.3) is 0 Å². The quantitative estimate of drug-likeness (QED) is 0.862. The number of rotatable bonds is 2. The molecule has 0 spiro atoms. The average Bonchev–Trinajstić information content (AvgIpc) is 2.87. The van der Waals surface area contributed by atoms with E-state index >= 15 is 0 Å². The molecular formula is C16H25Cl2FN2O. The highest BCUT2D eigenvalue weighted by Crippen LogP contribution is 2.39. The van der Waals surface area contributed by atoms with Crippen molar-refractivity contribution in [3.8, 4) is 0 Å². The monoisotopic (exact) mass is 350 g/mol. The first-order chi connectivity index (χ1) is 9.57. The van der Waals surface area contributed by atoms with E-state index in [2.05, 4.69) is 4.90 Å². The van der Waals surface area contributed by atoms with Crippen molar-refractivity contribution in [3.05, 3.63) is 35.6 Å². The second-order valence-electron chi connectivity index (χ2n) is 6.31. The van der Waals surface area contributed by atoms with Crippen LogP contribution in [-0.4, -0.2) is 35.2 Å². The lowest BCUT2D eigenvalue weighted by atomic mass is 9.77. The molecule has 2 fully saturated rings. The van der Waals surface area contributed by atoms with Crippen LogP contribution >= 0.6 is 24.8 Å². The molecule has 1 aromatic rings. The number of hydrogen-bond acceptors (Lipinski definition) is 3. The van der Waals surface area contributed by atoms with Gasteiger partial charge in [-0.15, -0.1) is 24.8 Å². The molecule has 3 rings (SSSR count). The summed E-state index contributed by atoms with van der Waals surface area (Å²) >= 11 is 0. The molecule has 3 nitrogen and oxygen atoms in total. The van der Waals surface area contributed by atoms with Gasteiger partial charge in [-0.05, 0) is 49.8 Å². The van der Waals surface area contributed by atoms with Crippen LogP contribution in [0.1, 0.15) is 37.7 Å². The summed E-state index contributed by atoms with van der Waals surface area (Å²) in [6.07, 6.45) is 4.55. The zero-order chi connectivity index (χ0) is 14.2. The van der Waals surface area contributed by atoms with Crippen molar-refractivity contribution in [3.63, 3.8) is 0 Å². The summed E-state index contributed by atoms with van der Waals surface area (Å²) < 4.78 is 13.0. The van der Waals surface area contributed by atoms with Gasteiger partial charge >= 0.3 is 0 Å². The Morgan fingerprint density at radius 1 is 1.09 bits per heavy atom. The lowest BCUT2D eigenvalue weighted by molar-refractivity contribution is -0.0223. The number of halogens is 3. The Bertz CT molecular complexity index is 464. The number of nitrogens with zero attached hydrogens (tertiary/aromatic N) is 1. The number of nitrogens with two attached hydrogens (primary N) is 1. The molecule has 1 heterocycles. The first-order valence-corrected chi connectivity index (χ1v) is 7.55. The minimum atomic E-state index is -0.786. The van der Waals surface area contributed by atoms with Crippen LogP contribution in [-0.2, 0) is 5.60 Å². The highest BCUT2D eigenvalue weighted by atomic mass is 35.5. The molecule has 1 atom stereocenters. The molecule has 2 aliphatic rings.